The van der Waals surface area contributed by atoms with Gasteiger partial charge in [0.1, 0.15) is 0 Å². The fraction of sp³-hybridized carbons (Fsp3) is 0.688. The maximum absolute atomic E-state index is 12.2. The molecule has 1 aliphatic rings. The second-order valence-corrected chi connectivity index (χ2v) is 9.45. The molecule has 0 aromatic carbocycles. The monoisotopic (exact) mass is 358 g/mol. The van der Waals surface area contributed by atoms with E-state index in [1.807, 2.05) is 6.07 Å². The summed E-state index contributed by atoms with van der Waals surface area (Å²) in [6, 6.07) is 2.04. The van der Waals surface area contributed by atoms with Gasteiger partial charge in [-0.15, -0.1) is 11.3 Å². The number of sulfonamides is 1. The van der Waals surface area contributed by atoms with Crippen molar-refractivity contribution in [3.05, 3.63) is 21.4 Å². The van der Waals surface area contributed by atoms with Gasteiger partial charge in [0.05, 0.1) is 10.6 Å². The third-order valence-corrected chi connectivity index (χ3v) is 7.34. The molecule has 1 aromatic rings. The molecule has 23 heavy (non-hydrogen) atoms. The number of rotatable bonds is 7. The summed E-state index contributed by atoms with van der Waals surface area (Å²) in [5.74, 6) is 0.0699. The van der Waals surface area contributed by atoms with Crippen molar-refractivity contribution in [3.63, 3.8) is 0 Å². The number of amides is 1. The molecule has 1 heterocycles. The summed E-state index contributed by atoms with van der Waals surface area (Å²) in [7, 11) is -1.55. The van der Waals surface area contributed by atoms with Crippen molar-refractivity contribution >= 4 is 27.3 Å². The SMILES string of the molecule is CCS(=O)(=O)N(C)CCCNC(=O)c1cc2c(s1)CCCCC2. The molecule has 5 nitrogen and oxygen atoms in total. The van der Waals surface area contributed by atoms with E-state index in [0.29, 0.717) is 19.5 Å². The Morgan fingerprint density at radius 2 is 2.04 bits per heavy atom. The summed E-state index contributed by atoms with van der Waals surface area (Å²) < 4.78 is 24.6. The number of fused-ring (bicyclic) bond motifs is 1. The van der Waals surface area contributed by atoms with E-state index < -0.39 is 10.0 Å². The lowest BCUT2D eigenvalue weighted by atomic mass is 10.1. The smallest absolute Gasteiger partial charge is 0.261 e. The van der Waals surface area contributed by atoms with E-state index >= 15 is 0 Å². The molecular weight excluding hydrogens is 332 g/mol. The van der Waals surface area contributed by atoms with Crippen LogP contribution in [0.2, 0.25) is 0 Å². The predicted molar refractivity (Wildman–Crippen MR) is 94.6 cm³/mol. The lowest BCUT2D eigenvalue weighted by Gasteiger charge is -2.15. The normalized spacial score (nSPS) is 15.3. The molecule has 0 saturated carbocycles. The van der Waals surface area contributed by atoms with Crippen LogP contribution in [0.5, 0.6) is 0 Å². The minimum absolute atomic E-state index is 0.0379. The minimum atomic E-state index is -3.13. The fourth-order valence-electron chi connectivity index (χ4n) is 2.73. The Kier molecular flexibility index (Phi) is 6.61. The van der Waals surface area contributed by atoms with Crippen molar-refractivity contribution in [2.75, 3.05) is 25.9 Å². The first-order valence-electron chi connectivity index (χ1n) is 8.28. The molecule has 0 atom stereocenters. The van der Waals surface area contributed by atoms with Crippen LogP contribution >= 0.6 is 11.3 Å². The van der Waals surface area contributed by atoms with E-state index in [4.69, 9.17) is 0 Å². The molecule has 0 aliphatic heterocycles. The van der Waals surface area contributed by atoms with Crippen LogP contribution < -0.4 is 5.32 Å². The van der Waals surface area contributed by atoms with Gasteiger partial charge in [0.2, 0.25) is 10.0 Å². The van der Waals surface area contributed by atoms with Crippen LogP contribution in [0, 0.1) is 0 Å². The van der Waals surface area contributed by atoms with Crippen LogP contribution in [-0.4, -0.2) is 44.5 Å². The lowest BCUT2D eigenvalue weighted by molar-refractivity contribution is 0.0957. The van der Waals surface area contributed by atoms with Crippen LogP contribution in [0.25, 0.3) is 0 Å². The number of nitrogens with zero attached hydrogens (tertiary/aromatic N) is 1. The number of aryl methyl sites for hydroxylation is 2. The van der Waals surface area contributed by atoms with E-state index in [2.05, 4.69) is 5.32 Å². The Balaban J connectivity index is 1.79. The molecule has 1 aromatic heterocycles. The van der Waals surface area contributed by atoms with Gasteiger partial charge in [0, 0.05) is 25.0 Å². The number of hydrogen-bond donors (Lipinski definition) is 1. The predicted octanol–water partition coefficient (Wildman–Crippen LogP) is 2.42. The zero-order chi connectivity index (χ0) is 16.9. The molecule has 0 radical (unpaired) electrons. The Hall–Kier alpha value is -0.920. The van der Waals surface area contributed by atoms with Gasteiger partial charge in [0.25, 0.3) is 5.91 Å². The third kappa shape index (κ3) is 5.02. The first-order chi connectivity index (χ1) is 10.9. The van der Waals surface area contributed by atoms with Crippen molar-refractivity contribution in [2.45, 2.75) is 45.4 Å². The maximum atomic E-state index is 12.2. The maximum Gasteiger partial charge on any atom is 0.261 e. The molecule has 0 unspecified atom stereocenters. The zero-order valence-electron chi connectivity index (χ0n) is 13.9. The topological polar surface area (TPSA) is 66.5 Å². The highest BCUT2D eigenvalue weighted by Crippen LogP contribution is 2.28. The van der Waals surface area contributed by atoms with Crippen LogP contribution in [0.3, 0.4) is 0 Å². The zero-order valence-corrected chi connectivity index (χ0v) is 15.6. The van der Waals surface area contributed by atoms with Gasteiger partial charge in [0.15, 0.2) is 0 Å². The van der Waals surface area contributed by atoms with Crippen molar-refractivity contribution in [2.24, 2.45) is 0 Å². The fourth-order valence-corrected chi connectivity index (χ4v) is 4.75. The van der Waals surface area contributed by atoms with Gasteiger partial charge in [-0.05, 0) is 50.7 Å². The standard InChI is InChI=1S/C16H26N2O3S2/c1-3-23(20,21)18(2)11-7-10-17-16(19)15-12-13-8-5-4-6-9-14(13)22-15/h12H,3-11H2,1-2H3,(H,17,19). The second kappa shape index (κ2) is 8.26. The molecule has 130 valence electrons. The van der Waals surface area contributed by atoms with Crippen molar-refractivity contribution in [3.8, 4) is 0 Å². The Morgan fingerprint density at radius 3 is 2.78 bits per heavy atom. The van der Waals surface area contributed by atoms with E-state index in [1.54, 1.807) is 25.3 Å². The summed E-state index contributed by atoms with van der Waals surface area (Å²) in [6.07, 6.45) is 6.49. The average molecular weight is 359 g/mol. The molecule has 0 spiro atoms. The van der Waals surface area contributed by atoms with Crippen LogP contribution in [0.4, 0.5) is 0 Å². The summed E-state index contributed by atoms with van der Waals surface area (Å²) in [4.78, 5) is 14.4. The molecular formula is C16H26N2O3S2. The van der Waals surface area contributed by atoms with Gasteiger partial charge in [-0.2, -0.15) is 0 Å². The molecule has 0 fully saturated rings. The van der Waals surface area contributed by atoms with Crippen LogP contribution in [0.1, 0.15) is 52.7 Å². The Labute approximate surface area is 143 Å². The third-order valence-electron chi connectivity index (χ3n) is 4.25. The van der Waals surface area contributed by atoms with Gasteiger partial charge < -0.3 is 5.32 Å². The average Bonchev–Trinajstić information content (AvgIpc) is 2.82. The molecule has 1 aliphatic carbocycles. The van der Waals surface area contributed by atoms with Crippen LogP contribution in [0.15, 0.2) is 6.07 Å². The number of carbonyl (C=O) groups is 1. The highest BCUT2D eigenvalue weighted by Gasteiger charge is 2.17. The van der Waals surface area contributed by atoms with Gasteiger partial charge in [-0.25, -0.2) is 12.7 Å². The van der Waals surface area contributed by atoms with Crippen molar-refractivity contribution in [1.29, 1.82) is 0 Å². The van der Waals surface area contributed by atoms with E-state index in [9.17, 15) is 13.2 Å². The lowest BCUT2D eigenvalue weighted by Crippen LogP contribution is -2.32. The summed E-state index contributed by atoms with van der Waals surface area (Å²) >= 11 is 1.61. The highest BCUT2D eigenvalue weighted by atomic mass is 32.2. The van der Waals surface area contributed by atoms with E-state index in [1.165, 1.54) is 34.0 Å². The highest BCUT2D eigenvalue weighted by molar-refractivity contribution is 7.89. The second-order valence-electron chi connectivity index (χ2n) is 5.95. The Morgan fingerprint density at radius 1 is 1.30 bits per heavy atom. The van der Waals surface area contributed by atoms with Crippen LogP contribution in [-0.2, 0) is 22.9 Å². The summed E-state index contributed by atoms with van der Waals surface area (Å²) in [5.41, 5.74) is 1.34. The minimum Gasteiger partial charge on any atom is -0.351 e. The quantitative estimate of drug-likeness (QED) is 0.601. The molecule has 2 rings (SSSR count). The Bertz CT molecular complexity index is 614. The van der Waals surface area contributed by atoms with Gasteiger partial charge in [-0.3, -0.25) is 4.79 Å². The first-order valence-corrected chi connectivity index (χ1v) is 10.7. The summed E-state index contributed by atoms with van der Waals surface area (Å²) in [5, 5.41) is 2.90. The van der Waals surface area contributed by atoms with Crippen molar-refractivity contribution < 1.29 is 13.2 Å². The summed E-state index contributed by atoms with van der Waals surface area (Å²) in [6.45, 7) is 2.55. The number of carbonyl (C=O) groups excluding carboxylic acids is 1. The first kappa shape index (κ1) is 18.4. The number of thiophene rings is 1. The van der Waals surface area contributed by atoms with Gasteiger partial charge >= 0.3 is 0 Å². The van der Waals surface area contributed by atoms with Crippen molar-refractivity contribution in [1.82, 2.24) is 9.62 Å². The number of hydrogen-bond acceptors (Lipinski definition) is 4. The molecule has 0 bridgehead atoms. The molecule has 0 saturated heterocycles. The largest absolute Gasteiger partial charge is 0.351 e. The molecule has 1 N–H and O–H groups in total. The van der Waals surface area contributed by atoms with Gasteiger partial charge in [-0.1, -0.05) is 6.42 Å². The van der Waals surface area contributed by atoms with E-state index in [-0.39, 0.29) is 11.7 Å². The number of nitrogens with one attached hydrogen (secondary N) is 1. The molecule has 7 heteroatoms. The molecule has 1 amide bonds. The van der Waals surface area contributed by atoms with E-state index in [0.717, 1.165) is 17.7 Å².